The lowest BCUT2D eigenvalue weighted by Gasteiger charge is -2.14. The molecule has 0 fully saturated rings. The first-order valence-corrected chi connectivity index (χ1v) is 7.70. The lowest BCUT2D eigenvalue weighted by molar-refractivity contribution is 0.315. The van der Waals surface area contributed by atoms with Crippen molar-refractivity contribution in [2.75, 3.05) is 0 Å². The third kappa shape index (κ3) is 2.63. The van der Waals surface area contributed by atoms with Gasteiger partial charge in [-0.1, -0.05) is 12.1 Å². The van der Waals surface area contributed by atoms with Crippen molar-refractivity contribution in [3.05, 3.63) is 48.3 Å². The van der Waals surface area contributed by atoms with Gasteiger partial charge in [0.1, 0.15) is 10.4 Å². The molecule has 1 atom stereocenters. The van der Waals surface area contributed by atoms with Gasteiger partial charge in [-0.3, -0.25) is 4.98 Å². The summed E-state index contributed by atoms with van der Waals surface area (Å²) in [6, 6.07) is 7.83. The van der Waals surface area contributed by atoms with E-state index in [9.17, 15) is 8.42 Å². The summed E-state index contributed by atoms with van der Waals surface area (Å²) in [6.45, 7) is 1.75. The average Bonchev–Trinajstić information content (AvgIpc) is 2.95. The van der Waals surface area contributed by atoms with Crippen molar-refractivity contribution >= 4 is 21.1 Å². The van der Waals surface area contributed by atoms with Crippen molar-refractivity contribution in [2.24, 2.45) is 0 Å². The summed E-state index contributed by atoms with van der Waals surface area (Å²) in [5, 5.41) is 7.29. The molecule has 0 aliphatic rings. The molecule has 108 valence electrons. The van der Waals surface area contributed by atoms with Gasteiger partial charge in [0.05, 0.1) is 0 Å². The van der Waals surface area contributed by atoms with Crippen LogP contribution in [0.5, 0.6) is 0 Å². The first kappa shape index (κ1) is 13.7. The molecule has 0 aliphatic heterocycles. The zero-order chi connectivity index (χ0) is 14.9. The summed E-state index contributed by atoms with van der Waals surface area (Å²) in [7, 11) is -3.74. The van der Waals surface area contributed by atoms with Crippen molar-refractivity contribution in [2.45, 2.75) is 17.9 Å². The van der Waals surface area contributed by atoms with E-state index in [1.807, 2.05) is 0 Å². The second-order valence-corrected chi connectivity index (χ2v) is 6.20. The Hall–Kier alpha value is -2.32. The highest BCUT2D eigenvalue weighted by molar-refractivity contribution is 7.89. The van der Waals surface area contributed by atoms with Gasteiger partial charge in [0.2, 0.25) is 10.0 Å². The highest BCUT2D eigenvalue weighted by Gasteiger charge is 2.22. The fraction of sp³-hybridized carbons (Fsp3) is 0.154. The molecule has 2 aromatic heterocycles. The number of pyridine rings is 1. The van der Waals surface area contributed by atoms with Crippen LogP contribution in [0.3, 0.4) is 0 Å². The Kier molecular flexibility index (Phi) is 3.40. The second kappa shape index (κ2) is 5.23. The zero-order valence-electron chi connectivity index (χ0n) is 11.1. The fourth-order valence-corrected chi connectivity index (χ4v) is 3.38. The molecule has 7 nitrogen and oxygen atoms in total. The van der Waals surface area contributed by atoms with Crippen molar-refractivity contribution in [3.8, 4) is 0 Å². The summed E-state index contributed by atoms with van der Waals surface area (Å²) < 4.78 is 32.2. The molecule has 3 rings (SSSR count). The van der Waals surface area contributed by atoms with E-state index in [-0.39, 0.29) is 10.4 Å². The topological polar surface area (TPSA) is 98.0 Å². The van der Waals surface area contributed by atoms with E-state index in [1.54, 1.807) is 43.6 Å². The van der Waals surface area contributed by atoms with Crippen LogP contribution in [0.4, 0.5) is 0 Å². The van der Waals surface area contributed by atoms with Gasteiger partial charge < -0.3 is 0 Å². The third-order valence-corrected chi connectivity index (χ3v) is 4.63. The van der Waals surface area contributed by atoms with Crippen LogP contribution in [-0.2, 0) is 10.0 Å². The van der Waals surface area contributed by atoms with E-state index in [0.717, 1.165) is 5.56 Å². The first-order chi connectivity index (χ1) is 10.1. The number of nitrogens with zero attached hydrogens (tertiary/aromatic N) is 3. The molecule has 2 heterocycles. The molecule has 0 bridgehead atoms. The molecule has 8 heteroatoms. The minimum atomic E-state index is -3.74. The predicted octanol–water partition coefficient (Wildman–Crippen LogP) is 1.66. The number of fused-ring (bicyclic) bond motifs is 1. The van der Waals surface area contributed by atoms with Gasteiger partial charge in [0, 0.05) is 18.4 Å². The molecular weight excluding hydrogens is 292 g/mol. The van der Waals surface area contributed by atoms with E-state index in [2.05, 4.69) is 24.6 Å². The number of sulfonamides is 1. The van der Waals surface area contributed by atoms with Crippen LogP contribution in [0.15, 0.2) is 52.3 Å². The molecule has 0 saturated carbocycles. The second-order valence-electron chi connectivity index (χ2n) is 4.52. The van der Waals surface area contributed by atoms with Crippen LogP contribution in [0.25, 0.3) is 11.0 Å². The molecule has 3 aromatic rings. The number of hydrogen-bond donors (Lipinski definition) is 1. The maximum atomic E-state index is 12.5. The maximum Gasteiger partial charge on any atom is 0.243 e. The van der Waals surface area contributed by atoms with E-state index in [1.165, 1.54) is 6.07 Å². The molecule has 1 N–H and O–H groups in total. The van der Waals surface area contributed by atoms with Gasteiger partial charge in [-0.15, -0.1) is 0 Å². The highest BCUT2D eigenvalue weighted by Crippen LogP contribution is 2.22. The van der Waals surface area contributed by atoms with Crippen LogP contribution in [-0.4, -0.2) is 23.7 Å². The van der Waals surface area contributed by atoms with Crippen molar-refractivity contribution < 1.29 is 13.0 Å². The third-order valence-electron chi connectivity index (χ3n) is 3.05. The smallest absolute Gasteiger partial charge is 0.243 e. The molecule has 1 aromatic carbocycles. The Morgan fingerprint density at radius 1 is 1.19 bits per heavy atom. The van der Waals surface area contributed by atoms with Gasteiger partial charge in [0.15, 0.2) is 5.52 Å². The van der Waals surface area contributed by atoms with Crippen molar-refractivity contribution in [1.82, 2.24) is 20.0 Å². The van der Waals surface area contributed by atoms with E-state index < -0.39 is 16.1 Å². The van der Waals surface area contributed by atoms with Crippen molar-refractivity contribution in [1.29, 1.82) is 0 Å². The minimum Gasteiger partial charge on any atom is -0.264 e. The molecule has 0 spiro atoms. The van der Waals surface area contributed by atoms with Gasteiger partial charge in [0.25, 0.3) is 0 Å². The van der Waals surface area contributed by atoms with E-state index in [4.69, 9.17) is 0 Å². The van der Waals surface area contributed by atoms with Crippen molar-refractivity contribution in [3.63, 3.8) is 0 Å². The van der Waals surface area contributed by atoms with Gasteiger partial charge in [-0.2, -0.15) is 0 Å². The summed E-state index contributed by atoms with van der Waals surface area (Å²) in [5.74, 6) is 0. The Balaban J connectivity index is 1.96. The summed E-state index contributed by atoms with van der Waals surface area (Å²) >= 11 is 0. The highest BCUT2D eigenvalue weighted by atomic mass is 32.2. The number of benzene rings is 1. The van der Waals surface area contributed by atoms with Crippen LogP contribution in [0.2, 0.25) is 0 Å². The lowest BCUT2D eigenvalue weighted by atomic mass is 10.2. The quantitative estimate of drug-likeness (QED) is 0.787. The lowest BCUT2D eigenvalue weighted by Crippen LogP contribution is -2.27. The van der Waals surface area contributed by atoms with Crippen LogP contribution < -0.4 is 4.72 Å². The van der Waals surface area contributed by atoms with Gasteiger partial charge >= 0.3 is 0 Å². The molecule has 21 heavy (non-hydrogen) atoms. The Morgan fingerprint density at radius 3 is 2.81 bits per heavy atom. The molecule has 0 unspecified atom stereocenters. The fourth-order valence-electron chi connectivity index (χ4n) is 1.99. The normalized spacial score (nSPS) is 13.4. The van der Waals surface area contributed by atoms with E-state index >= 15 is 0 Å². The summed E-state index contributed by atoms with van der Waals surface area (Å²) in [5.41, 5.74) is 1.38. The summed E-state index contributed by atoms with van der Waals surface area (Å²) in [4.78, 5) is 4.02. The number of hydrogen-bond acceptors (Lipinski definition) is 6. The zero-order valence-corrected chi connectivity index (χ0v) is 11.9. The molecule has 0 radical (unpaired) electrons. The first-order valence-electron chi connectivity index (χ1n) is 6.21. The minimum absolute atomic E-state index is 0.0389. The molecule has 0 aliphatic carbocycles. The van der Waals surface area contributed by atoms with Crippen LogP contribution >= 0.6 is 0 Å². The van der Waals surface area contributed by atoms with Crippen LogP contribution in [0.1, 0.15) is 18.5 Å². The maximum absolute atomic E-state index is 12.5. The number of aromatic nitrogens is 3. The summed E-state index contributed by atoms with van der Waals surface area (Å²) in [6.07, 6.45) is 3.25. The average molecular weight is 304 g/mol. The predicted molar refractivity (Wildman–Crippen MR) is 74.8 cm³/mol. The van der Waals surface area contributed by atoms with Crippen LogP contribution in [0, 0.1) is 0 Å². The van der Waals surface area contributed by atoms with Gasteiger partial charge in [-0.05, 0) is 41.0 Å². The van der Waals surface area contributed by atoms with E-state index in [0.29, 0.717) is 5.52 Å². The molecule has 0 amide bonds. The number of nitrogens with one attached hydrogen (secondary N) is 1. The Bertz CT molecular complexity index is 861. The molecular formula is C13H12N4O3S. The standard InChI is InChI=1S/C13H12N4O3S/c1-9(10-4-3-7-14-8-10)17-21(18,19)12-6-2-5-11-13(12)16-20-15-11/h2-9,17H,1H3/t9-/m0/s1. The Labute approximate surface area is 121 Å². The Morgan fingerprint density at radius 2 is 2.05 bits per heavy atom. The largest absolute Gasteiger partial charge is 0.264 e. The number of rotatable bonds is 4. The monoisotopic (exact) mass is 304 g/mol. The SMILES string of the molecule is C[C@H](NS(=O)(=O)c1cccc2nonc12)c1cccnc1. The molecule has 0 saturated heterocycles. The van der Waals surface area contributed by atoms with Gasteiger partial charge in [-0.25, -0.2) is 17.8 Å².